The van der Waals surface area contributed by atoms with E-state index < -0.39 is 22.5 Å². The molecule has 0 radical (unpaired) electrons. The zero-order valence-electron chi connectivity index (χ0n) is 15.8. The Bertz CT molecular complexity index is 1190. The molecule has 30 heavy (non-hydrogen) atoms. The molecule has 0 aliphatic heterocycles. The minimum Gasteiger partial charge on any atom is -0.324 e. The van der Waals surface area contributed by atoms with Crippen molar-refractivity contribution in [3.05, 3.63) is 87.4 Å². The predicted molar refractivity (Wildman–Crippen MR) is 122 cm³/mol. The Hall–Kier alpha value is -2.25. The van der Waals surface area contributed by atoms with Crippen LogP contribution in [0.15, 0.2) is 71.6 Å². The molecule has 3 rings (SSSR count). The lowest BCUT2D eigenvalue weighted by Gasteiger charge is -2.25. The zero-order valence-corrected chi connectivity index (χ0v) is 18.9. The maximum absolute atomic E-state index is 13.3. The molecular formula is C21H17Cl3N2O3S. The summed E-state index contributed by atoms with van der Waals surface area (Å²) in [4.78, 5) is 12.8. The minimum absolute atomic E-state index is 0.0211. The first-order chi connectivity index (χ1) is 14.2. The van der Waals surface area contributed by atoms with Crippen molar-refractivity contribution in [2.75, 3.05) is 16.2 Å². The fourth-order valence-corrected chi connectivity index (χ4v) is 4.82. The number of nitrogens with zero attached hydrogens (tertiary/aromatic N) is 1. The van der Waals surface area contributed by atoms with Gasteiger partial charge in [0.05, 0.1) is 15.6 Å². The molecule has 1 N–H and O–H groups in total. The summed E-state index contributed by atoms with van der Waals surface area (Å²) < 4.78 is 27.6. The fourth-order valence-electron chi connectivity index (χ4n) is 2.76. The van der Waals surface area contributed by atoms with Gasteiger partial charge < -0.3 is 5.32 Å². The molecule has 0 aliphatic rings. The summed E-state index contributed by atoms with van der Waals surface area (Å²) in [7, 11) is -4.10. The second-order valence-corrected chi connectivity index (χ2v) is 9.49. The summed E-state index contributed by atoms with van der Waals surface area (Å²) in [5.41, 5.74) is 1.26. The van der Waals surface area contributed by atoms with Crippen LogP contribution in [0.25, 0.3) is 0 Å². The van der Waals surface area contributed by atoms with E-state index in [0.29, 0.717) is 16.3 Å². The highest BCUT2D eigenvalue weighted by molar-refractivity contribution is 7.92. The standard InChI is InChI=1S/C21H17Cl3N2O3S/c1-14-17(23)8-5-9-19(14)25-21(27)13-26(20-12-15(22)10-11-18(20)24)30(28,29)16-6-3-2-4-7-16/h2-12H,13H2,1H3,(H,25,27). The van der Waals surface area contributed by atoms with Crippen LogP contribution in [0.5, 0.6) is 0 Å². The lowest BCUT2D eigenvalue weighted by molar-refractivity contribution is -0.114. The van der Waals surface area contributed by atoms with Crippen molar-refractivity contribution in [1.82, 2.24) is 0 Å². The van der Waals surface area contributed by atoms with Gasteiger partial charge in [0.2, 0.25) is 5.91 Å². The molecule has 3 aromatic carbocycles. The van der Waals surface area contributed by atoms with Crippen molar-refractivity contribution >= 4 is 62.1 Å². The number of hydrogen-bond acceptors (Lipinski definition) is 3. The molecule has 5 nitrogen and oxygen atoms in total. The minimum atomic E-state index is -4.10. The van der Waals surface area contributed by atoms with Crippen molar-refractivity contribution in [2.45, 2.75) is 11.8 Å². The second kappa shape index (κ2) is 9.27. The molecule has 0 aliphatic carbocycles. The van der Waals surface area contributed by atoms with Crippen molar-refractivity contribution in [1.29, 1.82) is 0 Å². The number of sulfonamides is 1. The average molecular weight is 484 g/mol. The number of anilines is 2. The summed E-state index contributed by atoms with van der Waals surface area (Å²) in [5.74, 6) is -0.559. The van der Waals surface area contributed by atoms with Gasteiger partial charge in [-0.05, 0) is 55.0 Å². The summed E-state index contributed by atoms with van der Waals surface area (Å²) in [6, 6.07) is 17.3. The first kappa shape index (κ1) is 22.4. The average Bonchev–Trinajstić information content (AvgIpc) is 2.72. The number of carbonyl (C=O) groups excluding carboxylic acids is 1. The third-order valence-electron chi connectivity index (χ3n) is 4.34. The van der Waals surface area contributed by atoms with Crippen LogP contribution in [-0.2, 0) is 14.8 Å². The first-order valence-corrected chi connectivity index (χ1v) is 11.4. The lowest BCUT2D eigenvalue weighted by atomic mass is 10.2. The molecule has 0 saturated carbocycles. The molecule has 0 unspecified atom stereocenters. The molecule has 3 aromatic rings. The van der Waals surface area contributed by atoms with Crippen molar-refractivity contribution < 1.29 is 13.2 Å². The Morgan fingerprint density at radius 2 is 1.63 bits per heavy atom. The molecule has 0 fully saturated rings. The van der Waals surface area contributed by atoms with Gasteiger partial charge in [0.25, 0.3) is 10.0 Å². The van der Waals surface area contributed by atoms with E-state index in [2.05, 4.69) is 5.32 Å². The van der Waals surface area contributed by atoms with E-state index in [0.717, 1.165) is 4.31 Å². The highest BCUT2D eigenvalue weighted by atomic mass is 35.5. The largest absolute Gasteiger partial charge is 0.324 e. The number of benzene rings is 3. The molecule has 0 heterocycles. The maximum Gasteiger partial charge on any atom is 0.264 e. The van der Waals surface area contributed by atoms with Crippen LogP contribution >= 0.6 is 34.8 Å². The normalized spacial score (nSPS) is 11.2. The maximum atomic E-state index is 13.3. The second-order valence-electron chi connectivity index (χ2n) is 6.38. The predicted octanol–water partition coefficient (Wildman–Crippen LogP) is 5.79. The molecule has 0 atom stereocenters. The van der Waals surface area contributed by atoms with Crippen molar-refractivity contribution in [2.24, 2.45) is 0 Å². The summed E-state index contributed by atoms with van der Waals surface area (Å²) >= 11 is 18.4. The van der Waals surface area contributed by atoms with Gasteiger partial charge in [-0.25, -0.2) is 8.42 Å². The van der Waals surface area contributed by atoms with Gasteiger partial charge in [-0.15, -0.1) is 0 Å². The van der Waals surface area contributed by atoms with E-state index in [1.165, 1.54) is 30.3 Å². The van der Waals surface area contributed by atoms with Gasteiger partial charge in [-0.3, -0.25) is 9.10 Å². The molecule has 0 aromatic heterocycles. The fraction of sp³-hybridized carbons (Fsp3) is 0.0952. The smallest absolute Gasteiger partial charge is 0.264 e. The van der Waals surface area contributed by atoms with Gasteiger partial charge in [-0.1, -0.05) is 59.1 Å². The SMILES string of the molecule is Cc1c(Cl)cccc1NC(=O)CN(c1cc(Cl)ccc1Cl)S(=O)(=O)c1ccccc1. The Kier molecular flexibility index (Phi) is 6.93. The van der Waals surface area contributed by atoms with Gasteiger partial charge in [0.15, 0.2) is 0 Å². The molecule has 0 bridgehead atoms. The van der Waals surface area contributed by atoms with Crippen LogP contribution < -0.4 is 9.62 Å². The number of rotatable bonds is 6. The summed E-state index contributed by atoms with van der Waals surface area (Å²) in [6.07, 6.45) is 0. The van der Waals surface area contributed by atoms with E-state index in [9.17, 15) is 13.2 Å². The molecule has 0 saturated heterocycles. The van der Waals surface area contributed by atoms with Gasteiger partial charge in [0, 0.05) is 15.7 Å². The first-order valence-electron chi connectivity index (χ1n) is 8.78. The number of halogens is 3. The van der Waals surface area contributed by atoms with E-state index >= 15 is 0 Å². The van der Waals surface area contributed by atoms with Crippen molar-refractivity contribution in [3.8, 4) is 0 Å². The van der Waals surface area contributed by atoms with E-state index in [1.54, 1.807) is 43.3 Å². The van der Waals surface area contributed by atoms with Crippen molar-refractivity contribution in [3.63, 3.8) is 0 Å². The number of hydrogen-bond donors (Lipinski definition) is 1. The lowest BCUT2D eigenvalue weighted by Crippen LogP contribution is -2.38. The molecular weight excluding hydrogens is 467 g/mol. The molecule has 0 spiro atoms. The third-order valence-corrected chi connectivity index (χ3v) is 7.08. The Labute approximate surface area is 190 Å². The molecule has 9 heteroatoms. The molecule has 1 amide bonds. The quantitative estimate of drug-likeness (QED) is 0.482. The van der Waals surface area contributed by atoms with Crippen LogP contribution in [-0.4, -0.2) is 20.9 Å². The molecule has 156 valence electrons. The van der Waals surface area contributed by atoms with Gasteiger partial charge >= 0.3 is 0 Å². The number of nitrogens with one attached hydrogen (secondary N) is 1. The van der Waals surface area contributed by atoms with Crippen LogP contribution in [0.2, 0.25) is 15.1 Å². The Morgan fingerprint density at radius 1 is 0.933 bits per heavy atom. The Morgan fingerprint density at radius 3 is 2.33 bits per heavy atom. The zero-order chi connectivity index (χ0) is 21.9. The topological polar surface area (TPSA) is 66.5 Å². The van der Waals surface area contributed by atoms with Crippen LogP contribution in [0.3, 0.4) is 0 Å². The van der Waals surface area contributed by atoms with E-state index in [4.69, 9.17) is 34.8 Å². The van der Waals surface area contributed by atoms with E-state index in [-0.39, 0.29) is 20.6 Å². The van der Waals surface area contributed by atoms with Gasteiger partial charge in [0.1, 0.15) is 6.54 Å². The monoisotopic (exact) mass is 482 g/mol. The van der Waals surface area contributed by atoms with Crippen LogP contribution in [0.1, 0.15) is 5.56 Å². The van der Waals surface area contributed by atoms with Crippen LogP contribution in [0, 0.1) is 6.92 Å². The third kappa shape index (κ3) is 4.90. The highest BCUT2D eigenvalue weighted by Crippen LogP contribution is 2.33. The Balaban J connectivity index is 2.01. The highest BCUT2D eigenvalue weighted by Gasteiger charge is 2.29. The number of amides is 1. The van der Waals surface area contributed by atoms with Crippen LogP contribution in [0.4, 0.5) is 11.4 Å². The van der Waals surface area contributed by atoms with Gasteiger partial charge in [-0.2, -0.15) is 0 Å². The number of carbonyl (C=O) groups is 1. The summed E-state index contributed by atoms with van der Waals surface area (Å²) in [5, 5.41) is 3.62. The summed E-state index contributed by atoms with van der Waals surface area (Å²) in [6.45, 7) is 1.24. The van der Waals surface area contributed by atoms with E-state index in [1.807, 2.05) is 0 Å².